The van der Waals surface area contributed by atoms with Crippen LogP contribution in [0.1, 0.15) is 5.82 Å². The van der Waals surface area contributed by atoms with Gasteiger partial charge in [-0.1, -0.05) is 21.1 Å². The summed E-state index contributed by atoms with van der Waals surface area (Å²) in [7, 11) is 0. The molecule has 0 bridgehead atoms. The second kappa shape index (κ2) is 6.76. The number of aromatic hydroxyl groups is 1. The van der Waals surface area contributed by atoms with E-state index in [2.05, 4.69) is 26.1 Å². The topological polar surface area (TPSA) is 68.4 Å². The highest BCUT2D eigenvalue weighted by Gasteiger charge is 2.13. The molecular weight excluding hydrogens is 338 g/mol. The minimum atomic E-state index is -2.49. The highest BCUT2D eigenvalue weighted by atomic mass is 79.9. The van der Waals surface area contributed by atoms with Gasteiger partial charge < -0.3 is 14.4 Å². The van der Waals surface area contributed by atoms with Crippen LogP contribution < -0.4 is 0 Å². The summed E-state index contributed by atoms with van der Waals surface area (Å²) in [6.45, 7) is -0.537. The van der Waals surface area contributed by atoms with Crippen LogP contribution >= 0.6 is 15.9 Å². The molecule has 2 aromatic rings. The van der Waals surface area contributed by atoms with E-state index in [4.69, 9.17) is 9.26 Å². The summed E-state index contributed by atoms with van der Waals surface area (Å²) < 4.78 is 34.2. The van der Waals surface area contributed by atoms with Gasteiger partial charge in [0.2, 0.25) is 0 Å². The van der Waals surface area contributed by atoms with Crippen molar-refractivity contribution in [3.05, 3.63) is 28.5 Å². The summed E-state index contributed by atoms with van der Waals surface area (Å²) in [5.74, 6) is 0.499. The number of alkyl halides is 2. The van der Waals surface area contributed by atoms with Gasteiger partial charge in [0.15, 0.2) is 5.82 Å². The van der Waals surface area contributed by atoms with Crippen molar-refractivity contribution in [2.45, 2.75) is 12.8 Å². The smallest absolute Gasteiger partial charge is 0.261 e. The number of benzene rings is 1. The van der Waals surface area contributed by atoms with Crippen LogP contribution in [0.2, 0.25) is 0 Å². The van der Waals surface area contributed by atoms with Crippen molar-refractivity contribution >= 4 is 15.9 Å². The third-order valence-corrected chi connectivity index (χ3v) is 2.86. The summed E-state index contributed by atoms with van der Waals surface area (Å²) in [6.07, 6.45) is -2.24. The van der Waals surface area contributed by atoms with Gasteiger partial charge in [-0.2, -0.15) is 4.98 Å². The zero-order valence-corrected chi connectivity index (χ0v) is 11.8. The van der Waals surface area contributed by atoms with Gasteiger partial charge in [-0.15, -0.1) is 0 Å². The molecule has 108 valence electrons. The molecule has 0 spiro atoms. The number of aromatic nitrogens is 2. The van der Waals surface area contributed by atoms with Crippen LogP contribution in [0.4, 0.5) is 8.78 Å². The Morgan fingerprint density at radius 1 is 1.40 bits per heavy atom. The van der Waals surface area contributed by atoms with Crippen LogP contribution in [-0.2, 0) is 11.2 Å². The molecule has 0 atom stereocenters. The number of rotatable bonds is 6. The maximum absolute atomic E-state index is 11.9. The SMILES string of the molecule is Oc1ccc(Br)cc1-c1nc(CCOCC(F)F)no1. The highest BCUT2D eigenvalue weighted by Crippen LogP contribution is 2.30. The maximum atomic E-state index is 11.9. The van der Waals surface area contributed by atoms with E-state index >= 15 is 0 Å². The van der Waals surface area contributed by atoms with Gasteiger partial charge in [0.25, 0.3) is 12.3 Å². The van der Waals surface area contributed by atoms with Gasteiger partial charge >= 0.3 is 0 Å². The molecule has 2 rings (SSSR count). The predicted octanol–water partition coefficient (Wildman–Crippen LogP) is 3.03. The molecule has 0 amide bonds. The molecule has 0 aliphatic carbocycles. The van der Waals surface area contributed by atoms with E-state index in [0.717, 1.165) is 4.47 Å². The number of phenolic OH excluding ortho intramolecular Hbond substituents is 1. The summed E-state index contributed by atoms with van der Waals surface area (Å²) in [4.78, 5) is 4.07. The monoisotopic (exact) mass is 348 g/mol. The van der Waals surface area contributed by atoms with E-state index in [1.54, 1.807) is 12.1 Å². The average molecular weight is 349 g/mol. The molecule has 1 N–H and O–H groups in total. The predicted molar refractivity (Wildman–Crippen MR) is 69.6 cm³/mol. The molecule has 0 fully saturated rings. The van der Waals surface area contributed by atoms with Crippen molar-refractivity contribution in [3.63, 3.8) is 0 Å². The van der Waals surface area contributed by atoms with Crippen molar-refractivity contribution in [1.82, 2.24) is 10.1 Å². The van der Waals surface area contributed by atoms with Gasteiger partial charge in [-0.25, -0.2) is 8.78 Å². The Morgan fingerprint density at radius 2 is 2.20 bits per heavy atom. The summed E-state index contributed by atoms with van der Waals surface area (Å²) in [5.41, 5.74) is 0.395. The largest absolute Gasteiger partial charge is 0.507 e. The van der Waals surface area contributed by atoms with E-state index in [0.29, 0.717) is 11.4 Å². The summed E-state index contributed by atoms with van der Waals surface area (Å²) in [5, 5.41) is 13.4. The van der Waals surface area contributed by atoms with Gasteiger partial charge in [0.1, 0.15) is 12.4 Å². The minimum Gasteiger partial charge on any atom is -0.507 e. The zero-order valence-electron chi connectivity index (χ0n) is 10.2. The highest BCUT2D eigenvalue weighted by molar-refractivity contribution is 9.10. The molecule has 1 aromatic heterocycles. The fourth-order valence-electron chi connectivity index (χ4n) is 1.48. The van der Waals surface area contributed by atoms with E-state index in [-0.39, 0.29) is 24.7 Å². The van der Waals surface area contributed by atoms with Crippen LogP contribution in [0.5, 0.6) is 5.75 Å². The zero-order chi connectivity index (χ0) is 14.5. The number of hydrogen-bond acceptors (Lipinski definition) is 5. The standard InChI is InChI=1S/C12H11BrF2N2O3/c13-7-1-2-9(18)8(5-7)12-16-11(17-20-12)3-4-19-6-10(14)15/h1-2,5,10,18H,3-4,6H2. The van der Waals surface area contributed by atoms with Crippen molar-refractivity contribution in [3.8, 4) is 17.2 Å². The first kappa shape index (κ1) is 14.9. The Kier molecular flexibility index (Phi) is 5.02. The number of ether oxygens (including phenoxy) is 1. The van der Waals surface area contributed by atoms with Gasteiger partial charge in [0, 0.05) is 10.9 Å². The maximum Gasteiger partial charge on any atom is 0.261 e. The van der Waals surface area contributed by atoms with Crippen molar-refractivity contribution in [2.24, 2.45) is 0 Å². The molecule has 0 radical (unpaired) electrons. The minimum absolute atomic E-state index is 0.0114. The van der Waals surface area contributed by atoms with Gasteiger partial charge in [0.05, 0.1) is 12.2 Å². The third kappa shape index (κ3) is 3.97. The lowest BCUT2D eigenvalue weighted by atomic mass is 10.2. The number of phenols is 1. The third-order valence-electron chi connectivity index (χ3n) is 2.37. The molecule has 5 nitrogen and oxygen atoms in total. The molecule has 0 aliphatic heterocycles. The Hall–Kier alpha value is -1.54. The van der Waals surface area contributed by atoms with Crippen molar-refractivity contribution in [2.75, 3.05) is 13.2 Å². The fraction of sp³-hybridized carbons (Fsp3) is 0.333. The van der Waals surface area contributed by atoms with Crippen molar-refractivity contribution in [1.29, 1.82) is 0 Å². The first-order chi connectivity index (χ1) is 9.56. The average Bonchev–Trinajstić information content (AvgIpc) is 2.86. The van der Waals surface area contributed by atoms with Crippen molar-refractivity contribution < 1.29 is 23.1 Å². The van der Waals surface area contributed by atoms with E-state index in [9.17, 15) is 13.9 Å². The van der Waals surface area contributed by atoms with Crippen LogP contribution in [0.3, 0.4) is 0 Å². The van der Waals surface area contributed by atoms with Crippen LogP contribution in [0.15, 0.2) is 27.2 Å². The summed E-state index contributed by atoms with van der Waals surface area (Å²) in [6, 6.07) is 4.81. The quantitative estimate of drug-likeness (QED) is 0.812. The van der Waals surface area contributed by atoms with E-state index in [1.807, 2.05) is 0 Å². The Balaban J connectivity index is 2.00. The second-order valence-electron chi connectivity index (χ2n) is 3.89. The molecule has 0 unspecified atom stereocenters. The normalized spacial score (nSPS) is 11.2. The lowest BCUT2D eigenvalue weighted by molar-refractivity contribution is 0.0182. The first-order valence-electron chi connectivity index (χ1n) is 5.73. The lowest BCUT2D eigenvalue weighted by Gasteiger charge is -2.00. The lowest BCUT2D eigenvalue weighted by Crippen LogP contribution is -2.07. The molecule has 8 heteroatoms. The van der Waals surface area contributed by atoms with Gasteiger partial charge in [-0.05, 0) is 18.2 Å². The molecule has 1 heterocycles. The van der Waals surface area contributed by atoms with Crippen LogP contribution in [0, 0.1) is 0 Å². The van der Waals surface area contributed by atoms with Crippen LogP contribution in [-0.4, -0.2) is 34.9 Å². The van der Waals surface area contributed by atoms with E-state index in [1.165, 1.54) is 6.07 Å². The summed E-state index contributed by atoms with van der Waals surface area (Å²) >= 11 is 3.27. The Morgan fingerprint density at radius 3 is 2.95 bits per heavy atom. The first-order valence-corrected chi connectivity index (χ1v) is 6.53. The number of nitrogens with zero attached hydrogens (tertiary/aromatic N) is 2. The number of halogens is 3. The fourth-order valence-corrected chi connectivity index (χ4v) is 1.84. The molecule has 20 heavy (non-hydrogen) atoms. The Labute approximate surface area is 121 Å². The van der Waals surface area contributed by atoms with Gasteiger partial charge in [-0.3, -0.25) is 0 Å². The Bertz CT molecular complexity index is 578. The second-order valence-corrected chi connectivity index (χ2v) is 4.81. The number of hydrogen-bond donors (Lipinski definition) is 1. The molecule has 0 saturated heterocycles. The molecule has 1 aromatic carbocycles. The molecule has 0 saturated carbocycles. The molecule has 0 aliphatic rings. The van der Waals surface area contributed by atoms with E-state index < -0.39 is 13.0 Å². The molecular formula is C12H11BrF2N2O3. The van der Waals surface area contributed by atoms with Crippen LogP contribution in [0.25, 0.3) is 11.5 Å².